The van der Waals surface area contributed by atoms with Gasteiger partial charge in [-0.2, -0.15) is 0 Å². The van der Waals surface area contributed by atoms with Gasteiger partial charge in [-0.1, -0.05) is 54.6 Å². The van der Waals surface area contributed by atoms with Crippen molar-refractivity contribution in [1.82, 2.24) is 68.3 Å². The topological polar surface area (TPSA) is 351 Å². The van der Waals surface area contributed by atoms with Gasteiger partial charge >= 0.3 is 6.09 Å². The Morgan fingerprint density at radius 3 is 1.33 bits per heavy atom. The number of hydrogen-bond donors (Lipinski definition) is 13. The molecule has 2 aliphatic heterocycles. The number of fused-ring (bicyclic) bond motifs is 8. The van der Waals surface area contributed by atoms with Gasteiger partial charge < -0.3 is 78.2 Å². The van der Waals surface area contributed by atoms with E-state index in [2.05, 4.69) is 58.5 Å². The van der Waals surface area contributed by atoms with Crippen molar-refractivity contribution in [2.75, 3.05) is 118 Å². The Hall–Kier alpha value is -9.63. The van der Waals surface area contributed by atoms with E-state index in [0.29, 0.717) is 56.6 Å². The predicted molar refractivity (Wildman–Crippen MR) is 349 cm³/mol. The predicted octanol–water partition coefficient (Wildman–Crippen LogP) is 2.80. The molecule has 93 heavy (non-hydrogen) atoms. The van der Waals surface area contributed by atoms with Gasteiger partial charge in [0.25, 0.3) is 47.3 Å². The van der Waals surface area contributed by atoms with Crippen molar-refractivity contribution in [2.24, 2.45) is 0 Å². The Labute approximate surface area is 541 Å². The van der Waals surface area contributed by atoms with Crippen LogP contribution in [0.5, 0.6) is 17.2 Å². The van der Waals surface area contributed by atoms with Gasteiger partial charge in [-0.3, -0.25) is 48.2 Å². The van der Waals surface area contributed by atoms with Crippen LogP contribution in [0.2, 0.25) is 0 Å². The second kappa shape index (κ2) is 35.8. The molecule has 0 aromatic heterocycles. The molecular formula is C67H87N13O13. The van der Waals surface area contributed by atoms with Crippen LogP contribution in [-0.2, 0) is 11.3 Å². The standard InChI is InChI=1S/C67H87N13O13/c1-44-47-17-10-18-48(44)59(84)74-36-39-80(42-46(16-8-9-25-77-66(91)93-67(2,3)4)78-65(90)52-22-12-21-51(56(52)82)61(86)72-32-27-68-26-30-70-58(47)83)41-40-79-37-34-75-62(87)50-20-11-19-49(55(50)81)60(85)71-31-28-69-29-33-73-63(88)53-23-13-24-54(64(89)76-35-38-79)57(53)92-43-45-14-6-5-7-15-45/h5-7,10-15,17-24,46,68-69,81-82H,8-9,16,25-43H2,1-4H3,(H,70,83)(H,71,85)(H,72,86)(H,73,88)(H,74,84)(H,75,87)(H,76,89)(H,77,91)(H,78,90). The van der Waals surface area contributed by atoms with Crippen molar-refractivity contribution in [3.05, 3.63) is 159 Å². The first-order chi connectivity index (χ1) is 44.8. The molecule has 0 spiro atoms. The van der Waals surface area contributed by atoms with Gasteiger partial charge in [0.05, 0.1) is 33.4 Å². The number of nitrogens with zero attached hydrogens (tertiary/aromatic N) is 2. The molecule has 13 N–H and O–H groups in total. The fourth-order valence-corrected chi connectivity index (χ4v) is 10.4. The highest BCUT2D eigenvalue weighted by atomic mass is 16.6. The molecule has 1 unspecified atom stereocenters. The van der Waals surface area contributed by atoms with E-state index in [1.54, 1.807) is 64.1 Å². The van der Waals surface area contributed by atoms with Gasteiger partial charge in [0.2, 0.25) is 0 Å². The summed E-state index contributed by atoms with van der Waals surface area (Å²) in [5.74, 6) is -5.35. The third-order valence-corrected chi connectivity index (χ3v) is 15.3. The van der Waals surface area contributed by atoms with Crippen molar-refractivity contribution >= 4 is 53.4 Å². The lowest BCUT2D eigenvalue weighted by atomic mass is 10.0. The van der Waals surface area contributed by atoms with E-state index in [0.717, 1.165) is 5.56 Å². The van der Waals surface area contributed by atoms with Crippen LogP contribution in [0.25, 0.3) is 0 Å². The van der Waals surface area contributed by atoms with E-state index < -0.39 is 70.6 Å². The van der Waals surface area contributed by atoms with Crippen LogP contribution in [0.1, 0.15) is 134 Å². The summed E-state index contributed by atoms with van der Waals surface area (Å²) in [6.07, 6.45) is 0.719. The number of aromatic hydroxyl groups is 2. The summed E-state index contributed by atoms with van der Waals surface area (Å²) in [7, 11) is 0. The largest absolute Gasteiger partial charge is 0.506 e. The molecule has 1 atom stereocenters. The number of hydrogen-bond acceptors (Lipinski definition) is 17. The number of ether oxygens (including phenoxy) is 2. The normalized spacial score (nSPS) is 17.4. The Bertz CT molecular complexity index is 3420. The number of amides is 9. The van der Waals surface area contributed by atoms with E-state index >= 15 is 0 Å². The number of phenolic OH excluding ortho intramolecular Hbond substituents is 2. The number of benzene rings is 5. The summed E-state index contributed by atoms with van der Waals surface area (Å²) < 4.78 is 11.7. The molecule has 0 saturated carbocycles. The van der Waals surface area contributed by atoms with Crippen molar-refractivity contribution in [2.45, 2.75) is 65.2 Å². The zero-order valence-electron chi connectivity index (χ0n) is 53.2. The minimum Gasteiger partial charge on any atom is -0.506 e. The Balaban J connectivity index is 1.19. The SMILES string of the molecule is Cc1c2cccc1C(=O)NCCN(CCN1CCNC(=O)c3cccc(c3O)C(=O)NCCNCCNC(=O)c3cccc(c3OCc3ccccc3)C(=O)NCC1)CC(CCCCNC(=O)OC(C)(C)C)NC(=O)c1cccc(c1O)C(=O)NCCNCCNC2=O. The zero-order chi connectivity index (χ0) is 66.7. The quantitative estimate of drug-likeness (QED) is 0.0846. The number of nitrogens with one attached hydrogen (secondary N) is 11. The molecule has 0 saturated heterocycles. The van der Waals surface area contributed by atoms with E-state index in [1.807, 2.05) is 40.1 Å². The number of alkyl carbamates (subject to hydrolysis) is 1. The van der Waals surface area contributed by atoms with Gasteiger partial charge in [-0.15, -0.1) is 0 Å². The van der Waals surface area contributed by atoms with Crippen LogP contribution in [0.4, 0.5) is 4.79 Å². The molecule has 8 bridgehead atoms. The molecule has 0 aliphatic carbocycles. The third kappa shape index (κ3) is 22.0. The molecule has 0 radical (unpaired) electrons. The molecule has 26 heteroatoms. The average molecular weight is 1280 g/mol. The molecule has 498 valence electrons. The number of rotatable bonds is 11. The third-order valence-electron chi connectivity index (χ3n) is 15.3. The molecular weight excluding hydrogens is 1190 g/mol. The van der Waals surface area contributed by atoms with E-state index in [9.17, 15) is 53.4 Å². The summed E-state index contributed by atoms with van der Waals surface area (Å²) in [5.41, 5.74) is 0.853. The summed E-state index contributed by atoms with van der Waals surface area (Å²) in [5, 5.41) is 55.0. The first-order valence-corrected chi connectivity index (χ1v) is 31.4. The van der Waals surface area contributed by atoms with Crippen LogP contribution in [0.15, 0.2) is 103 Å². The van der Waals surface area contributed by atoms with Crippen molar-refractivity contribution < 1.29 is 62.8 Å². The van der Waals surface area contributed by atoms with E-state index in [-0.39, 0.29) is 149 Å². The summed E-state index contributed by atoms with van der Waals surface area (Å²) >= 11 is 0. The molecule has 2 heterocycles. The summed E-state index contributed by atoms with van der Waals surface area (Å²) in [6.45, 7) is 10.6. The van der Waals surface area contributed by atoms with E-state index in [4.69, 9.17) is 9.47 Å². The molecule has 9 amide bonds. The maximum Gasteiger partial charge on any atom is 0.407 e. The molecule has 0 fully saturated rings. The minimum absolute atomic E-state index is 0.0168. The van der Waals surface area contributed by atoms with E-state index in [1.165, 1.54) is 36.4 Å². The lowest BCUT2D eigenvalue weighted by Gasteiger charge is -2.31. The first-order valence-electron chi connectivity index (χ1n) is 31.4. The van der Waals surface area contributed by atoms with Crippen molar-refractivity contribution in [3.8, 4) is 17.2 Å². The molecule has 5 aromatic rings. The van der Waals surface area contributed by atoms with Crippen molar-refractivity contribution in [1.29, 1.82) is 0 Å². The summed E-state index contributed by atoms with van der Waals surface area (Å²) in [6, 6.07) is 26.8. The molecule has 7 rings (SSSR count). The van der Waals surface area contributed by atoms with Gasteiger partial charge in [0, 0.05) is 135 Å². The Morgan fingerprint density at radius 2 is 0.871 bits per heavy atom. The van der Waals surface area contributed by atoms with Gasteiger partial charge in [-0.25, -0.2) is 4.79 Å². The monoisotopic (exact) mass is 1280 g/mol. The molecule has 5 aromatic carbocycles. The number of phenols is 2. The van der Waals surface area contributed by atoms with Crippen molar-refractivity contribution in [3.63, 3.8) is 0 Å². The lowest BCUT2D eigenvalue weighted by molar-refractivity contribution is 0.0525. The zero-order valence-corrected chi connectivity index (χ0v) is 53.2. The maximum atomic E-state index is 14.4. The van der Waals surface area contributed by atoms with Crippen LogP contribution in [0.3, 0.4) is 0 Å². The van der Waals surface area contributed by atoms with Crippen LogP contribution in [-0.4, -0.2) is 203 Å². The lowest BCUT2D eigenvalue weighted by Crippen LogP contribution is -2.49. The average Bonchev–Trinajstić information content (AvgIpc) is 0.906. The smallest absolute Gasteiger partial charge is 0.407 e. The fourth-order valence-electron chi connectivity index (χ4n) is 10.4. The fraction of sp³-hybridized carbons (Fsp3) is 0.418. The van der Waals surface area contributed by atoms with Gasteiger partial charge in [-0.05, 0) is 107 Å². The molecule has 2 aliphatic rings. The summed E-state index contributed by atoms with van der Waals surface area (Å²) in [4.78, 5) is 127. The molecule has 26 nitrogen and oxygen atoms in total. The van der Waals surface area contributed by atoms with Crippen LogP contribution >= 0.6 is 0 Å². The second-order valence-corrected chi connectivity index (χ2v) is 23.4. The number of carbonyl (C=O) groups excluding carboxylic acids is 9. The minimum atomic E-state index is -0.721. The Morgan fingerprint density at radius 1 is 0.484 bits per heavy atom. The second-order valence-electron chi connectivity index (χ2n) is 23.4. The first kappa shape index (κ1) is 70.8. The highest BCUT2D eigenvalue weighted by molar-refractivity contribution is 6.06. The maximum absolute atomic E-state index is 14.4. The highest BCUT2D eigenvalue weighted by Gasteiger charge is 2.27. The number of para-hydroxylation sites is 3. The van der Waals surface area contributed by atoms with Gasteiger partial charge in [0.1, 0.15) is 29.5 Å². The number of unbranched alkanes of at least 4 members (excludes halogenated alkanes) is 1. The van der Waals surface area contributed by atoms with Crippen LogP contribution in [0, 0.1) is 6.92 Å². The highest BCUT2D eigenvalue weighted by Crippen LogP contribution is 2.27. The van der Waals surface area contributed by atoms with Crippen LogP contribution < -0.4 is 63.2 Å². The number of carbonyl (C=O) groups is 9. The van der Waals surface area contributed by atoms with Gasteiger partial charge in [0.15, 0.2) is 0 Å². The Kier molecular flexibility index (Phi) is 27.3.